The summed E-state index contributed by atoms with van der Waals surface area (Å²) in [6, 6.07) is 0. The van der Waals surface area contributed by atoms with E-state index in [1.807, 2.05) is 0 Å². The van der Waals surface area contributed by atoms with Crippen molar-refractivity contribution in [2.45, 2.75) is 12.8 Å². The van der Waals surface area contributed by atoms with Gasteiger partial charge in [0.2, 0.25) is 0 Å². The normalized spacial score (nSPS) is 28.1. The zero-order valence-corrected chi connectivity index (χ0v) is 5.16. The molecule has 42 valence electrons. The van der Waals surface area contributed by atoms with Gasteiger partial charge >= 0.3 is 0 Å². The Hall–Kier alpha value is 0.190. The van der Waals surface area contributed by atoms with Gasteiger partial charge in [0.15, 0.2) is 0 Å². The lowest BCUT2D eigenvalue weighted by molar-refractivity contribution is 0.580. The van der Waals surface area contributed by atoms with Crippen molar-refractivity contribution < 1.29 is 4.57 Å². The Bertz CT molecular complexity index is 102. The van der Waals surface area contributed by atoms with E-state index in [4.69, 9.17) is 5.50 Å². The third-order valence-electron chi connectivity index (χ3n) is 1.32. The minimum Gasteiger partial charge on any atom is -0.307 e. The summed E-state index contributed by atoms with van der Waals surface area (Å²) in [5.74, 6) is 0. The van der Waals surface area contributed by atoms with E-state index in [0.717, 1.165) is 25.2 Å². The fourth-order valence-corrected chi connectivity index (χ4v) is 2.61. The van der Waals surface area contributed by atoms with Crippen LogP contribution in [0.15, 0.2) is 0 Å². The van der Waals surface area contributed by atoms with Crippen LogP contribution in [0.5, 0.6) is 0 Å². The van der Waals surface area contributed by atoms with Gasteiger partial charge in [0.05, 0.1) is 0 Å². The summed E-state index contributed by atoms with van der Waals surface area (Å²) in [4.78, 5) is 0. The van der Waals surface area contributed by atoms with Crippen LogP contribution < -0.4 is 5.50 Å². The molecule has 1 heterocycles. The number of hydrogen-bond acceptors (Lipinski definition) is 1. The van der Waals surface area contributed by atoms with E-state index in [1.165, 1.54) is 0 Å². The van der Waals surface area contributed by atoms with Crippen LogP contribution in [0.25, 0.3) is 0 Å². The predicted molar refractivity (Wildman–Crippen MR) is 30.8 cm³/mol. The Balaban J connectivity index is 2.57. The Morgan fingerprint density at radius 2 is 1.71 bits per heavy atom. The molecule has 1 aliphatic rings. The fourth-order valence-electron chi connectivity index (χ4n) is 0.871. The number of nitrogens with two attached hydrogens (primary N) is 1. The quantitative estimate of drug-likeness (QED) is 0.483. The summed E-state index contributed by atoms with van der Waals surface area (Å²) in [6.45, 7) is 0. The van der Waals surface area contributed by atoms with Crippen LogP contribution in [0.4, 0.5) is 0 Å². The van der Waals surface area contributed by atoms with E-state index in [1.54, 1.807) is 0 Å². The van der Waals surface area contributed by atoms with Crippen LogP contribution in [0, 0.1) is 0 Å². The first kappa shape index (κ1) is 5.33. The molecule has 1 aliphatic heterocycles. The first-order valence-electron chi connectivity index (χ1n) is 2.57. The average molecular weight is 119 g/mol. The van der Waals surface area contributed by atoms with Gasteiger partial charge in [0.1, 0.15) is 7.29 Å². The average Bonchev–Trinajstić information content (AvgIpc) is 1.84. The van der Waals surface area contributed by atoms with Crippen molar-refractivity contribution in [1.82, 2.24) is 0 Å². The third kappa shape index (κ3) is 1.29. The SMILES string of the molecule is NP1(=O)CCCC1. The highest BCUT2D eigenvalue weighted by atomic mass is 31.2. The lowest BCUT2D eigenvalue weighted by Crippen LogP contribution is -1.93. The molecule has 1 fully saturated rings. The smallest absolute Gasteiger partial charge is 0.145 e. The number of rotatable bonds is 0. The molecule has 0 aromatic carbocycles. The lowest BCUT2D eigenvalue weighted by atomic mass is 10.4. The van der Waals surface area contributed by atoms with E-state index < -0.39 is 7.29 Å². The van der Waals surface area contributed by atoms with Crippen LogP contribution in [0.1, 0.15) is 12.8 Å². The van der Waals surface area contributed by atoms with Crippen LogP contribution in [0.3, 0.4) is 0 Å². The first-order chi connectivity index (χ1) is 3.21. The molecule has 0 saturated carbocycles. The maximum absolute atomic E-state index is 10.8. The molecule has 0 aliphatic carbocycles. The van der Waals surface area contributed by atoms with E-state index in [-0.39, 0.29) is 0 Å². The lowest BCUT2D eigenvalue weighted by Gasteiger charge is -1.97. The summed E-state index contributed by atoms with van der Waals surface area (Å²) >= 11 is 0. The molecule has 0 aromatic rings. The van der Waals surface area contributed by atoms with Gasteiger partial charge in [-0.3, -0.25) is 5.50 Å². The van der Waals surface area contributed by atoms with Crippen molar-refractivity contribution in [3.8, 4) is 0 Å². The van der Waals surface area contributed by atoms with Crippen molar-refractivity contribution in [3.63, 3.8) is 0 Å². The summed E-state index contributed by atoms with van der Waals surface area (Å²) in [6.07, 6.45) is 3.72. The molecule has 2 N–H and O–H groups in total. The van der Waals surface area contributed by atoms with Crippen molar-refractivity contribution in [2.75, 3.05) is 12.3 Å². The van der Waals surface area contributed by atoms with Crippen LogP contribution in [0.2, 0.25) is 0 Å². The first-order valence-corrected chi connectivity index (χ1v) is 4.72. The summed E-state index contributed by atoms with van der Waals surface area (Å²) in [5.41, 5.74) is 5.33. The van der Waals surface area contributed by atoms with Gasteiger partial charge in [-0.1, -0.05) is 0 Å². The molecule has 0 atom stereocenters. The fraction of sp³-hybridized carbons (Fsp3) is 1.00. The summed E-state index contributed by atoms with van der Waals surface area (Å²) < 4.78 is 10.8. The molecule has 2 nitrogen and oxygen atoms in total. The van der Waals surface area contributed by atoms with E-state index >= 15 is 0 Å². The van der Waals surface area contributed by atoms with E-state index in [0.29, 0.717) is 0 Å². The third-order valence-corrected chi connectivity index (χ3v) is 3.47. The monoisotopic (exact) mass is 119 g/mol. The molecule has 3 heteroatoms. The van der Waals surface area contributed by atoms with Gasteiger partial charge in [-0.25, -0.2) is 0 Å². The van der Waals surface area contributed by atoms with Crippen molar-refractivity contribution in [3.05, 3.63) is 0 Å². The van der Waals surface area contributed by atoms with Crippen molar-refractivity contribution in [1.29, 1.82) is 0 Å². The molecule has 7 heavy (non-hydrogen) atoms. The molecule has 0 spiro atoms. The molecule has 1 saturated heterocycles. The van der Waals surface area contributed by atoms with Crippen LogP contribution in [-0.4, -0.2) is 12.3 Å². The van der Waals surface area contributed by atoms with Gasteiger partial charge < -0.3 is 4.57 Å². The van der Waals surface area contributed by atoms with Crippen molar-refractivity contribution >= 4 is 7.29 Å². The standard InChI is InChI=1S/C4H10NOP/c5-7(6)3-1-2-4-7/h1-4H2,(H2,5,6). The highest BCUT2D eigenvalue weighted by molar-refractivity contribution is 7.61. The molecule has 0 amide bonds. The van der Waals surface area contributed by atoms with Gasteiger partial charge in [-0.15, -0.1) is 0 Å². The molecule has 0 aromatic heterocycles. The second kappa shape index (κ2) is 1.61. The van der Waals surface area contributed by atoms with Gasteiger partial charge in [-0.2, -0.15) is 0 Å². The molecule has 0 radical (unpaired) electrons. The van der Waals surface area contributed by atoms with E-state index in [2.05, 4.69) is 0 Å². The zero-order valence-electron chi connectivity index (χ0n) is 4.26. The minimum absolute atomic E-state index is 0.785. The largest absolute Gasteiger partial charge is 0.307 e. The maximum atomic E-state index is 10.8. The maximum Gasteiger partial charge on any atom is 0.145 e. The van der Waals surface area contributed by atoms with E-state index in [9.17, 15) is 4.57 Å². The number of hydrogen-bond donors (Lipinski definition) is 1. The molecule has 0 unspecified atom stereocenters. The molecular weight excluding hydrogens is 109 g/mol. The topological polar surface area (TPSA) is 43.1 Å². The highest BCUT2D eigenvalue weighted by Gasteiger charge is 2.20. The second-order valence-corrected chi connectivity index (χ2v) is 4.91. The predicted octanol–water partition coefficient (Wildman–Crippen LogP) is 1.02. The Morgan fingerprint density at radius 1 is 1.29 bits per heavy atom. The Morgan fingerprint density at radius 3 is 1.86 bits per heavy atom. The molecule has 0 bridgehead atoms. The Labute approximate surface area is 43.5 Å². The second-order valence-electron chi connectivity index (χ2n) is 2.11. The molecular formula is C4H10NOP. The molecule has 1 rings (SSSR count). The summed E-state index contributed by atoms with van der Waals surface area (Å²) in [7, 11) is -2.04. The summed E-state index contributed by atoms with van der Waals surface area (Å²) in [5, 5.41) is 0. The van der Waals surface area contributed by atoms with Gasteiger partial charge in [0.25, 0.3) is 0 Å². The van der Waals surface area contributed by atoms with Gasteiger partial charge in [0, 0.05) is 12.3 Å². The van der Waals surface area contributed by atoms with Gasteiger partial charge in [-0.05, 0) is 12.8 Å². The Kier molecular flexibility index (Phi) is 1.22. The zero-order chi connectivity index (χ0) is 5.33. The minimum atomic E-state index is -2.04. The van der Waals surface area contributed by atoms with Crippen molar-refractivity contribution in [2.24, 2.45) is 5.50 Å². The van der Waals surface area contributed by atoms with Crippen LogP contribution >= 0.6 is 7.29 Å². The highest BCUT2D eigenvalue weighted by Crippen LogP contribution is 2.43. The van der Waals surface area contributed by atoms with Crippen LogP contribution in [-0.2, 0) is 4.57 Å².